The van der Waals surface area contributed by atoms with Gasteiger partial charge in [-0.25, -0.2) is 4.98 Å². The van der Waals surface area contributed by atoms with Gasteiger partial charge in [0.1, 0.15) is 11.9 Å². The number of nitrogens with zero attached hydrogens (tertiary/aromatic N) is 3. The first-order valence-corrected chi connectivity index (χ1v) is 8.19. The fraction of sp³-hybridized carbons (Fsp3) is 0.647. The Balaban J connectivity index is 1.51. The summed E-state index contributed by atoms with van der Waals surface area (Å²) < 4.78 is 5.46. The largest absolute Gasteiger partial charge is 0.381 e. The van der Waals surface area contributed by atoms with Gasteiger partial charge in [-0.05, 0) is 44.2 Å². The fourth-order valence-electron chi connectivity index (χ4n) is 3.30. The summed E-state index contributed by atoms with van der Waals surface area (Å²) in [7, 11) is 0. The molecule has 0 bridgehead atoms. The van der Waals surface area contributed by atoms with E-state index in [0.29, 0.717) is 17.5 Å². The molecule has 1 aromatic heterocycles. The lowest BCUT2D eigenvalue weighted by molar-refractivity contribution is 0.154. The van der Waals surface area contributed by atoms with E-state index in [9.17, 15) is 5.26 Å². The van der Waals surface area contributed by atoms with Crippen LogP contribution in [0.2, 0.25) is 0 Å². The van der Waals surface area contributed by atoms with Crippen LogP contribution in [0, 0.1) is 24.2 Å². The van der Waals surface area contributed by atoms with Gasteiger partial charge < -0.3 is 15.0 Å². The van der Waals surface area contributed by atoms with E-state index < -0.39 is 0 Å². The molecule has 118 valence electrons. The Hall–Kier alpha value is -1.64. The van der Waals surface area contributed by atoms with Crippen molar-refractivity contribution in [2.75, 3.05) is 38.2 Å². The molecule has 3 heterocycles. The Morgan fingerprint density at radius 3 is 2.86 bits per heavy atom. The number of nitriles is 1. The highest BCUT2D eigenvalue weighted by atomic mass is 16.5. The van der Waals surface area contributed by atoms with Crippen molar-refractivity contribution in [2.45, 2.75) is 32.2 Å². The van der Waals surface area contributed by atoms with Crippen LogP contribution in [0.25, 0.3) is 0 Å². The van der Waals surface area contributed by atoms with E-state index in [-0.39, 0.29) is 0 Å². The number of likely N-dealkylation sites (tertiary alicyclic amines) is 1. The summed E-state index contributed by atoms with van der Waals surface area (Å²) in [6, 6.07) is 6.37. The molecule has 2 aliphatic heterocycles. The Morgan fingerprint density at radius 2 is 2.18 bits per heavy atom. The van der Waals surface area contributed by atoms with Crippen molar-refractivity contribution in [1.82, 2.24) is 9.88 Å². The SMILES string of the molecule is Cc1ccc(C#N)c(NC2CCN(C[C@H]3CCOC3)CC2)n1. The molecule has 1 aromatic rings. The van der Waals surface area contributed by atoms with Gasteiger partial charge in [0.15, 0.2) is 0 Å². The van der Waals surface area contributed by atoms with Crippen LogP contribution in [0.5, 0.6) is 0 Å². The van der Waals surface area contributed by atoms with Gasteiger partial charge in [0, 0.05) is 38.0 Å². The van der Waals surface area contributed by atoms with Crippen molar-refractivity contribution in [1.29, 1.82) is 5.26 Å². The molecule has 0 aliphatic carbocycles. The van der Waals surface area contributed by atoms with E-state index in [2.05, 4.69) is 21.3 Å². The standard InChI is InChI=1S/C17H24N4O/c1-13-2-3-15(10-18)17(19-13)20-16-4-7-21(8-5-16)11-14-6-9-22-12-14/h2-3,14,16H,4-9,11-12H2,1H3,(H,19,20)/t14-/m1/s1. The van der Waals surface area contributed by atoms with Crippen LogP contribution in [-0.2, 0) is 4.74 Å². The van der Waals surface area contributed by atoms with E-state index in [0.717, 1.165) is 50.7 Å². The van der Waals surface area contributed by atoms with E-state index in [4.69, 9.17) is 4.74 Å². The Labute approximate surface area is 132 Å². The lowest BCUT2D eigenvalue weighted by Crippen LogP contribution is -2.41. The molecule has 3 rings (SSSR count). The monoisotopic (exact) mass is 300 g/mol. The maximum absolute atomic E-state index is 9.19. The zero-order valence-electron chi connectivity index (χ0n) is 13.2. The van der Waals surface area contributed by atoms with Gasteiger partial charge >= 0.3 is 0 Å². The fourth-order valence-corrected chi connectivity index (χ4v) is 3.30. The predicted molar refractivity (Wildman–Crippen MR) is 85.7 cm³/mol. The van der Waals surface area contributed by atoms with Crippen molar-refractivity contribution in [3.63, 3.8) is 0 Å². The molecule has 0 spiro atoms. The minimum absolute atomic E-state index is 0.414. The molecule has 5 heteroatoms. The topological polar surface area (TPSA) is 61.2 Å². The van der Waals surface area contributed by atoms with Gasteiger partial charge in [0.2, 0.25) is 0 Å². The molecular formula is C17H24N4O. The highest BCUT2D eigenvalue weighted by Gasteiger charge is 2.24. The van der Waals surface area contributed by atoms with Gasteiger partial charge in [-0.3, -0.25) is 0 Å². The zero-order chi connectivity index (χ0) is 15.4. The molecule has 1 atom stereocenters. The van der Waals surface area contributed by atoms with Crippen LogP contribution in [0.4, 0.5) is 5.82 Å². The summed E-state index contributed by atoms with van der Waals surface area (Å²) in [6.45, 7) is 7.21. The van der Waals surface area contributed by atoms with Gasteiger partial charge in [0.05, 0.1) is 12.2 Å². The van der Waals surface area contributed by atoms with E-state index >= 15 is 0 Å². The number of hydrogen-bond acceptors (Lipinski definition) is 5. The summed E-state index contributed by atoms with van der Waals surface area (Å²) in [4.78, 5) is 7.02. The maximum Gasteiger partial charge on any atom is 0.144 e. The second kappa shape index (κ2) is 7.08. The molecule has 2 fully saturated rings. The molecule has 22 heavy (non-hydrogen) atoms. The molecule has 2 aliphatic rings. The molecule has 1 N–H and O–H groups in total. The number of anilines is 1. The smallest absolute Gasteiger partial charge is 0.144 e. The van der Waals surface area contributed by atoms with Crippen molar-refractivity contribution in [2.24, 2.45) is 5.92 Å². The average molecular weight is 300 g/mol. The third-order valence-corrected chi connectivity index (χ3v) is 4.62. The lowest BCUT2D eigenvalue weighted by Gasteiger charge is -2.34. The lowest BCUT2D eigenvalue weighted by atomic mass is 10.0. The zero-order valence-corrected chi connectivity index (χ0v) is 13.2. The average Bonchev–Trinajstić information content (AvgIpc) is 3.02. The van der Waals surface area contributed by atoms with Crippen LogP contribution in [0.3, 0.4) is 0 Å². The van der Waals surface area contributed by atoms with Gasteiger partial charge in [0.25, 0.3) is 0 Å². The highest BCUT2D eigenvalue weighted by molar-refractivity contribution is 5.52. The Bertz CT molecular complexity index is 540. The van der Waals surface area contributed by atoms with E-state index in [1.807, 2.05) is 19.1 Å². The molecule has 5 nitrogen and oxygen atoms in total. The number of hydrogen-bond donors (Lipinski definition) is 1. The summed E-state index contributed by atoms with van der Waals surface area (Å²) >= 11 is 0. The molecule has 0 radical (unpaired) electrons. The third-order valence-electron chi connectivity index (χ3n) is 4.62. The van der Waals surface area contributed by atoms with E-state index in [1.54, 1.807) is 0 Å². The third kappa shape index (κ3) is 3.76. The molecule has 0 aromatic carbocycles. The van der Waals surface area contributed by atoms with Gasteiger partial charge in [-0.15, -0.1) is 0 Å². The predicted octanol–water partition coefficient (Wildman–Crippen LogP) is 2.17. The highest BCUT2D eigenvalue weighted by Crippen LogP contribution is 2.21. The molecule has 0 unspecified atom stereocenters. The van der Waals surface area contributed by atoms with Crippen molar-refractivity contribution in [3.05, 3.63) is 23.4 Å². The van der Waals surface area contributed by atoms with Crippen molar-refractivity contribution in [3.8, 4) is 6.07 Å². The summed E-state index contributed by atoms with van der Waals surface area (Å²) in [5.41, 5.74) is 1.58. The van der Waals surface area contributed by atoms with Gasteiger partial charge in [-0.2, -0.15) is 5.26 Å². The number of nitrogens with one attached hydrogen (secondary N) is 1. The quantitative estimate of drug-likeness (QED) is 0.923. The minimum Gasteiger partial charge on any atom is -0.381 e. The number of ether oxygens (including phenoxy) is 1. The van der Waals surface area contributed by atoms with Crippen molar-refractivity contribution < 1.29 is 4.74 Å². The van der Waals surface area contributed by atoms with Crippen LogP contribution in [-0.4, -0.2) is 48.8 Å². The van der Waals surface area contributed by atoms with Gasteiger partial charge in [-0.1, -0.05) is 0 Å². The van der Waals surface area contributed by atoms with Crippen LogP contribution >= 0.6 is 0 Å². The molecule has 0 amide bonds. The number of aromatic nitrogens is 1. The Kier molecular flexibility index (Phi) is 4.91. The first-order chi connectivity index (χ1) is 10.7. The van der Waals surface area contributed by atoms with E-state index in [1.165, 1.54) is 13.0 Å². The summed E-state index contributed by atoms with van der Waals surface area (Å²) in [5.74, 6) is 1.46. The minimum atomic E-state index is 0.414. The number of pyridine rings is 1. The molecule has 2 saturated heterocycles. The summed E-state index contributed by atoms with van der Waals surface area (Å²) in [5, 5.41) is 12.7. The second-order valence-electron chi connectivity index (χ2n) is 6.41. The summed E-state index contributed by atoms with van der Waals surface area (Å²) in [6.07, 6.45) is 3.42. The first-order valence-electron chi connectivity index (χ1n) is 8.19. The van der Waals surface area contributed by atoms with Crippen LogP contribution in [0.1, 0.15) is 30.5 Å². The number of rotatable bonds is 4. The van der Waals surface area contributed by atoms with Crippen LogP contribution < -0.4 is 5.32 Å². The van der Waals surface area contributed by atoms with Crippen molar-refractivity contribution >= 4 is 5.82 Å². The molecular weight excluding hydrogens is 276 g/mol. The normalized spacial score (nSPS) is 23.4. The first kappa shape index (κ1) is 15.3. The molecule has 0 saturated carbocycles. The second-order valence-corrected chi connectivity index (χ2v) is 6.41. The van der Waals surface area contributed by atoms with Crippen LogP contribution in [0.15, 0.2) is 12.1 Å². The Morgan fingerprint density at radius 1 is 1.36 bits per heavy atom. The maximum atomic E-state index is 9.19. The number of aryl methyl sites for hydroxylation is 1. The number of piperidine rings is 1.